The van der Waals surface area contributed by atoms with Crippen molar-refractivity contribution in [3.8, 4) is 5.75 Å². The van der Waals surface area contributed by atoms with Crippen LogP contribution in [0.25, 0.3) is 10.8 Å². The van der Waals surface area contributed by atoms with Crippen LogP contribution in [-0.4, -0.2) is 65.3 Å². The van der Waals surface area contributed by atoms with Gasteiger partial charge in [-0.25, -0.2) is 4.98 Å². The summed E-state index contributed by atoms with van der Waals surface area (Å²) in [4.78, 5) is 10.7. The zero-order valence-corrected chi connectivity index (χ0v) is 23.9. The molecule has 5 aromatic rings. The molecule has 1 aliphatic heterocycles. The van der Waals surface area contributed by atoms with E-state index in [9.17, 15) is 5.11 Å². The van der Waals surface area contributed by atoms with Gasteiger partial charge in [-0.1, -0.05) is 103 Å². The van der Waals surface area contributed by atoms with Crippen molar-refractivity contribution in [3.05, 3.63) is 133 Å². The average molecular weight is 562 g/mol. The van der Waals surface area contributed by atoms with Crippen LogP contribution in [-0.2, 0) is 0 Å². The summed E-state index contributed by atoms with van der Waals surface area (Å²) in [5, 5.41) is 13.9. The molecule has 0 amide bonds. The van der Waals surface area contributed by atoms with E-state index in [1.165, 1.54) is 11.1 Å². The monoisotopic (exact) mass is 561 g/mol. The number of rotatable bonds is 10. The van der Waals surface area contributed by atoms with E-state index >= 15 is 0 Å². The fourth-order valence-electron chi connectivity index (χ4n) is 5.58. The van der Waals surface area contributed by atoms with Crippen LogP contribution in [0.1, 0.15) is 17.2 Å². The highest BCUT2D eigenvalue weighted by molar-refractivity contribution is 7.99. The average Bonchev–Trinajstić information content (AvgIpc) is 3.03. The zero-order chi connectivity index (χ0) is 27.9. The van der Waals surface area contributed by atoms with Crippen LogP contribution < -0.4 is 4.74 Å². The molecule has 4 aromatic carbocycles. The third kappa shape index (κ3) is 6.80. The molecule has 1 atom stereocenters. The minimum absolute atomic E-state index is 0.235. The number of ether oxygens (including phenoxy) is 1. The molecule has 6 rings (SSSR count). The SMILES string of the molecule is OC(COc1cccc2c(Sc3ccccc3)nccc12)CN1CCN(C(c2ccccc2)c2ccccc2)CC1. The summed E-state index contributed by atoms with van der Waals surface area (Å²) < 4.78 is 6.18. The lowest BCUT2D eigenvalue weighted by atomic mass is 9.96. The maximum atomic E-state index is 10.9. The van der Waals surface area contributed by atoms with Gasteiger partial charge >= 0.3 is 0 Å². The smallest absolute Gasteiger partial charge is 0.127 e. The van der Waals surface area contributed by atoms with Gasteiger partial charge in [-0.15, -0.1) is 0 Å². The summed E-state index contributed by atoms with van der Waals surface area (Å²) in [5.74, 6) is 0.775. The van der Waals surface area contributed by atoms with Gasteiger partial charge in [0.15, 0.2) is 0 Å². The van der Waals surface area contributed by atoms with Crippen molar-refractivity contribution < 1.29 is 9.84 Å². The lowest BCUT2D eigenvalue weighted by Gasteiger charge is -2.40. The molecule has 41 heavy (non-hydrogen) atoms. The van der Waals surface area contributed by atoms with Crippen molar-refractivity contribution in [1.29, 1.82) is 0 Å². The first-order valence-electron chi connectivity index (χ1n) is 14.2. The van der Waals surface area contributed by atoms with Crippen LogP contribution >= 0.6 is 11.8 Å². The number of hydrogen-bond acceptors (Lipinski definition) is 6. The van der Waals surface area contributed by atoms with Gasteiger partial charge in [-0.2, -0.15) is 0 Å². The first-order chi connectivity index (χ1) is 20.2. The number of piperazine rings is 1. The number of fused-ring (bicyclic) bond motifs is 1. The van der Waals surface area contributed by atoms with Crippen LogP contribution in [0.5, 0.6) is 5.75 Å². The molecule has 1 unspecified atom stereocenters. The number of nitrogens with zero attached hydrogens (tertiary/aromatic N) is 3. The number of β-amino-alcohol motifs (C(OH)–C–C–N with tert-alkyl or cyclic N) is 1. The van der Waals surface area contributed by atoms with Gasteiger partial charge in [0.2, 0.25) is 0 Å². The zero-order valence-electron chi connectivity index (χ0n) is 23.0. The van der Waals surface area contributed by atoms with E-state index in [2.05, 4.69) is 93.6 Å². The number of hydrogen-bond donors (Lipinski definition) is 1. The molecule has 2 heterocycles. The Morgan fingerprint density at radius 1 is 0.707 bits per heavy atom. The Morgan fingerprint density at radius 3 is 2.00 bits per heavy atom. The van der Waals surface area contributed by atoms with Crippen molar-refractivity contribution in [3.63, 3.8) is 0 Å². The molecule has 1 aliphatic rings. The molecule has 6 heteroatoms. The first-order valence-corrected chi connectivity index (χ1v) is 15.0. The Kier molecular flexibility index (Phi) is 8.93. The Balaban J connectivity index is 1.06. The summed E-state index contributed by atoms with van der Waals surface area (Å²) in [6, 6.07) is 40.0. The van der Waals surface area contributed by atoms with E-state index in [0.717, 1.165) is 52.6 Å². The second-order valence-corrected chi connectivity index (χ2v) is 11.5. The number of aliphatic hydroxyl groups excluding tert-OH is 1. The minimum Gasteiger partial charge on any atom is -0.490 e. The summed E-state index contributed by atoms with van der Waals surface area (Å²) in [5.41, 5.74) is 2.63. The molecule has 1 saturated heterocycles. The van der Waals surface area contributed by atoms with E-state index in [0.29, 0.717) is 6.54 Å². The molecule has 0 spiro atoms. The predicted molar refractivity (Wildman–Crippen MR) is 167 cm³/mol. The summed E-state index contributed by atoms with van der Waals surface area (Å²) in [6.45, 7) is 4.55. The van der Waals surface area contributed by atoms with Crippen LogP contribution in [0.3, 0.4) is 0 Å². The molecule has 0 bridgehead atoms. The molecule has 1 N–H and O–H groups in total. The van der Waals surface area contributed by atoms with E-state index in [1.54, 1.807) is 11.8 Å². The first kappa shape index (κ1) is 27.5. The molecule has 5 nitrogen and oxygen atoms in total. The fraction of sp³-hybridized carbons (Fsp3) is 0.229. The van der Waals surface area contributed by atoms with Gasteiger partial charge in [0.25, 0.3) is 0 Å². The maximum absolute atomic E-state index is 10.9. The molecule has 0 aliphatic carbocycles. The minimum atomic E-state index is -0.573. The summed E-state index contributed by atoms with van der Waals surface area (Å²) >= 11 is 1.65. The Morgan fingerprint density at radius 2 is 1.34 bits per heavy atom. The molecule has 1 fully saturated rings. The van der Waals surface area contributed by atoms with Gasteiger partial charge in [-0.05, 0) is 35.4 Å². The highest BCUT2D eigenvalue weighted by Gasteiger charge is 2.27. The van der Waals surface area contributed by atoms with Crippen LogP contribution in [0, 0.1) is 0 Å². The lowest BCUT2D eigenvalue weighted by Crippen LogP contribution is -2.50. The predicted octanol–water partition coefficient (Wildman–Crippen LogP) is 6.53. The largest absolute Gasteiger partial charge is 0.490 e. The third-order valence-corrected chi connectivity index (χ3v) is 8.62. The molecular formula is C35H35N3O2S. The van der Waals surface area contributed by atoms with Gasteiger partial charge < -0.3 is 9.84 Å². The van der Waals surface area contributed by atoms with Gasteiger partial charge in [0.05, 0.1) is 6.04 Å². The highest BCUT2D eigenvalue weighted by Crippen LogP contribution is 2.35. The van der Waals surface area contributed by atoms with Crippen LogP contribution in [0.15, 0.2) is 131 Å². The van der Waals surface area contributed by atoms with Crippen molar-refractivity contribution in [2.75, 3.05) is 39.3 Å². The van der Waals surface area contributed by atoms with Crippen molar-refractivity contribution >= 4 is 22.5 Å². The molecule has 208 valence electrons. The Labute approximate surface area is 246 Å². The normalized spacial score (nSPS) is 15.3. The van der Waals surface area contributed by atoms with E-state index in [4.69, 9.17) is 4.74 Å². The molecular weight excluding hydrogens is 526 g/mol. The number of aliphatic hydroxyl groups is 1. The van der Waals surface area contributed by atoms with Crippen molar-refractivity contribution in [2.45, 2.75) is 22.1 Å². The van der Waals surface area contributed by atoms with Gasteiger partial charge in [0.1, 0.15) is 23.5 Å². The standard InChI is InChI=1S/C35H35N3O2S/c39-29(26-40-33-18-10-17-32-31(33)19-20-36-35(32)41-30-15-8-3-9-16-30)25-37-21-23-38(24-22-37)34(27-11-4-1-5-12-27)28-13-6-2-7-14-28/h1-20,29,34,39H,21-26H2. The van der Waals surface area contributed by atoms with Crippen LogP contribution in [0.4, 0.5) is 0 Å². The Bertz CT molecular complexity index is 1490. The quantitative estimate of drug-likeness (QED) is 0.209. The van der Waals surface area contributed by atoms with Crippen molar-refractivity contribution in [2.24, 2.45) is 0 Å². The van der Waals surface area contributed by atoms with Crippen molar-refractivity contribution in [1.82, 2.24) is 14.8 Å². The van der Waals surface area contributed by atoms with Crippen LogP contribution in [0.2, 0.25) is 0 Å². The molecule has 1 aromatic heterocycles. The van der Waals surface area contributed by atoms with Gasteiger partial charge in [0, 0.05) is 54.6 Å². The van der Waals surface area contributed by atoms with E-state index in [-0.39, 0.29) is 12.6 Å². The number of benzene rings is 4. The molecule has 0 saturated carbocycles. The Hall–Kier alpha value is -3.68. The second-order valence-electron chi connectivity index (χ2n) is 10.4. The third-order valence-electron chi connectivity index (χ3n) is 7.59. The topological polar surface area (TPSA) is 48.8 Å². The second kappa shape index (κ2) is 13.3. The van der Waals surface area contributed by atoms with E-state index in [1.807, 2.05) is 42.6 Å². The van der Waals surface area contributed by atoms with E-state index < -0.39 is 6.10 Å². The maximum Gasteiger partial charge on any atom is 0.127 e. The lowest BCUT2D eigenvalue weighted by molar-refractivity contribution is 0.0404. The molecule has 0 radical (unpaired) electrons. The summed E-state index contributed by atoms with van der Waals surface area (Å²) in [6.07, 6.45) is 1.25. The summed E-state index contributed by atoms with van der Waals surface area (Å²) in [7, 11) is 0. The van der Waals surface area contributed by atoms with Gasteiger partial charge in [-0.3, -0.25) is 9.80 Å². The number of pyridine rings is 1. The highest BCUT2D eigenvalue weighted by atomic mass is 32.2. The number of aromatic nitrogens is 1. The fourth-order valence-corrected chi connectivity index (χ4v) is 6.50.